The zero-order valence-corrected chi connectivity index (χ0v) is 21.9. The van der Waals surface area contributed by atoms with Crippen molar-refractivity contribution in [2.24, 2.45) is 5.16 Å². The SMILES string of the molecule is CCN1CCN(/C(=N\O)c2ccc(C#C[C@]3(CN4Cc5ccc(OC)cc5C4=O)NC(=O)NC3=O)cc2)CC1. The van der Waals surface area contributed by atoms with Crippen LogP contribution in [0.5, 0.6) is 5.75 Å². The number of fused-ring (bicyclic) bond motifs is 1. The van der Waals surface area contributed by atoms with Gasteiger partial charge in [0.25, 0.3) is 11.8 Å². The third-order valence-electron chi connectivity index (χ3n) is 7.34. The van der Waals surface area contributed by atoms with Gasteiger partial charge in [-0.15, -0.1) is 0 Å². The highest BCUT2D eigenvalue weighted by Crippen LogP contribution is 2.28. The average molecular weight is 531 g/mol. The maximum absolute atomic E-state index is 13.1. The van der Waals surface area contributed by atoms with Gasteiger partial charge in [0, 0.05) is 49.4 Å². The summed E-state index contributed by atoms with van der Waals surface area (Å²) in [7, 11) is 1.53. The van der Waals surface area contributed by atoms with Crippen LogP contribution in [0.25, 0.3) is 0 Å². The quantitative estimate of drug-likeness (QED) is 0.132. The van der Waals surface area contributed by atoms with E-state index in [0.29, 0.717) is 22.7 Å². The number of ether oxygens (including phenoxy) is 1. The smallest absolute Gasteiger partial charge is 0.323 e. The van der Waals surface area contributed by atoms with Crippen molar-refractivity contribution >= 4 is 23.7 Å². The normalized spacial score (nSPS) is 21.3. The Hall–Kier alpha value is -4.56. The Balaban J connectivity index is 1.34. The van der Waals surface area contributed by atoms with Gasteiger partial charge < -0.3 is 30.0 Å². The van der Waals surface area contributed by atoms with Crippen molar-refractivity contribution in [3.63, 3.8) is 0 Å². The fourth-order valence-electron chi connectivity index (χ4n) is 5.07. The largest absolute Gasteiger partial charge is 0.497 e. The monoisotopic (exact) mass is 530 g/mol. The Bertz CT molecular complexity index is 1390. The molecule has 2 aromatic rings. The van der Waals surface area contributed by atoms with Gasteiger partial charge in [0.05, 0.1) is 13.7 Å². The molecular formula is C28H30N6O5. The summed E-state index contributed by atoms with van der Waals surface area (Å²) >= 11 is 0. The maximum Gasteiger partial charge on any atom is 0.323 e. The fraction of sp³-hybridized carbons (Fsp3) is 0.357. The predicted octanol–water partition coefficient (Wildman–Crippen LogP) is 1.05. The molecule has 11 nitrogen and oxygen atoms in total. The summed E-state index contributed by atoms with van der Waals surface area (Å²) in [6.45, 7) is 6.60. The van der Waals surface area contributed by atoms with E-state index in [4.69, 9.17) is 4.74 Å². The average Bonchev–Trinajstić information content (AvgIpc) is 3.42. The molecule has 0 aliphatic carbocycles. The number of rotatable bonds is 5. The summed E-state index contributed by atoms with van der Waals surface area (Å²) < 4.78 is 5.23. The molecule has 39 heavy (non-hydrogen) atoms. The molecule has 3 N–H and O–H groups in total. The van der Waals surface area contributed by atoms with Gasteiger partial charge in [-0.2, -0.15) is 0 Å². The molecule has 3 aliphatic rings. The standard InChI is InChI=1S/C28H30N6O5/c1-3-32-12-14-33(15-13-32)24(31-38)20-6-4-19(5-7-20)10-11-28(26(36)29-27(37)30-28)18-34-17-21-8-9-22(39-2)16-23(21)25(34)35/h4-9,16,38H,3,12-15,17-18H2,1-2H3,(H2,29,30,36,37)/b31-24-/t28-/m1/s1. The van der Waals surface area contributed by atoms with Gasteiger partial charge in [-0.3, -0.25) is 14.9 Å². The second kappa shape index (κ2) is 10.7. The Morgan fingerprint density at radius 3 is 2.46 bits per heavy atom. The van der Waals surface area contributed by atoms with Crippen LogP contribution in [0.1, 0.15) is 34.0 Å². The molecule has 4 amide bonds. The number of carbonyl (C=O) groups excluding carboxylic acids is 3. The summed E-state index contributed by atoms with van der Waals surface area (Å²) in [4.78, 5) is 44.0. The van der Waals surface area contributed by atoms with Crippen molar-refractivity contribution < 1.29 is 24.3 Å². The first-order valence-electron chi connectivity index (χ1n) is 12.8. The van der Waals surface area contributed by atoms with Crippen LogP contribution in [0.3, 0.4) is 0 Å². The highest BCUT2D eigenvalue weighted by molar-refractivity contribution is 6.10. The number of hydrogen-bond donors (Lipinski definition) is 3. The van der Waals surface area contributed by atoms with Crippen LogP contribution in [-0.2, 0) is 11.3 Å². The zero-order chi connectivity index (χ0) is 27.6. The number of carbonyl (C=O) groups is 3. The lowest BCUT2D eigenvalue weighted by atomic mass is 9.99. The minimum Gasteiger partial charge on any atom is -0.497 e. The van der Waals surface area contributed by atoms with E-state index in [0.717, 1.165) is 43.9 Å². The third-order valence-corrected chi connectivity index (χ3v) is 7.34. The third kappa shape index (κ3) is 5.11. The zero-order valence-electron chi connectivity index (χ0n) is 21.9. The molecule has 0 radical (unpaired) electrons. The van der Waals surface area contributed by atoms with Crippen molar-refractivity contribution in [3.8, 4) is 17.6 Å². The van der Waals surface area contributed by atoms with Crippen molar-refractivity contribution in [1.29, 1.82) is 0 Å². The molecule has 3 aliphatic heterocycles. The van der Waals surface area contributed by atoms with E-state index >= 15 is 0 Å². The van der Waals surface area contributed by atoms with Crippen molar-refractivity contribution in [3.05, 3.63) is 64.7 Å². The van der Waals surface area contributed by atoms with E-state index in [2.05, 4.69) is 39.5 Å². The van der Waals surface area contributed by atoms with Gasteiger partial charge in [-0.05, 0) is 48.5 Å². The molecule has 0 saturated carbocycles. The van der Waals surface area contributed by atoms with Crippen LogP contribution in [0.4, 0.5) is 4.79 Å². The number of nitrogens with one attached hydrogen (secondary N) is 2. The molecule has 0 spiro atoms. The number of likely N-dealkylation sites (N-methyl/N-ethyl adjacent to an activating group) is 1. The molecule has 202 valence electrons. The number of imide groups is 1. The van der Waals surface area contributed by atoms with E-state index in [1.165, 1.54) is 12.0 Å². The highest BCUT2D eigenvalue weighted by atomic mass is 16.5. The summed E-state index contributed by atoms with van der Waals surface area (Å²) in [5.41, 5.74) is 1.04. The number of amides is 4. The second-order valence-corrected chi connectivity index (χ2v) is 9.67. The van der Waals surface area contributed by atoms with Crippen LogP contribution in [0.2, 0.25) is 0 Å². The fourth-order valence-corrected chi connectivity index (χ4v) is 5.07. The van der Waals surface area contributed by atoms with Crippen LogP contribution >= 0.6 is 0 Å². The van der Waals surface area contributed by atoms with Crippen molar-refractivity contribution in [1.82, 2.24) is 25.3 Å². The Morgan fingerprint density at radius 2 is 1.85 bits per heavy atom. The van der Waals surface area contributed by atoms with E-state index in [1.54, 1.807) is 36.4 Å². The van der Waals surface area contributed by atoms with Crippen LogP contribution in [0.15, 0.2) is 47.6 Å². The summed E-state index contributed by atoms with van der Waals surface area (Å²) in [6.07, 6.45) is 0. The number of methoxy groups -OCH3 is 1. The molecule has 1 atom stereocenters. The van der Waals surface area contributed by atoms with Gasteiger partial charge in [-0.25, -0.2) is 4.79 Å². The molecule has 2 saturated heterocycles. The lowest BCUT2D eigenvalue weighted by molar-refractivity contribution is -0.122. The van der Waals surface area contributed by atoms with Gasteiger partial charge in [0.2, 0.25) is 5.54 Å². The van der Waals surface area contributed by atoms with Gasteiger partial charge in [-0.1, -0.05) is 30.0 Å². The molecule has 0 bridgehead atoms. The van der Waals surface area contributed by atoms with E-state index in [1.807, 2.05) is 11.0 Å². The minimum atomic E-state index is -1.60. The number of piperazine rings is 1. The van der Waals surface area contributed by atoms with Gasteiger partial charge in [0.15, 0.2) is 5.84 Å². The van der Waals surface area contributed by atoms with Crippen molar-refractivity contribution in [2.75, 3.05) is 46.4 Å². The van der Waals surface area contributed by atoms with E-state index in [-0.39, 0.29) is 19.0 Å². The minimum absolute atomic E-state index is 0.115. The first kappa shape index (κ1) is 26.1. The number of urea groups is 1. The topological polar surface area (TPSA) is 127 Å². The van der Waals surface area contributed by atoms with E-state index < -0.39 is 17.5 Å². The van der Waals surface area contributed by atoms with Crippen LogP contribution in [-0.4, -0.2) is 95.5 Å². The lowest BCUT2D eigenvalue weighted by Gasteiger charge is -2.35. The summed E-state index contributed by atoms with van der Waals surface area (Å²) in [5.74, 6) is 6.07. The highest BCUT2D eigenvalue weighted by Gasteiger charge is 2.48. The van der Waals surface area contributed by atoms with Crippen LogP contribution in [0, 0.1) is 11.8 Å². The predicted molar refractivity (Wildman–Crippen MR) is 142 cm³/mol. The van der Waals surface area contributed by atoms with Crippen molar-refractivity contribution in [2.45, 2.75) is 19.0 Å². The molecule has 2 fully saturated rings. The molecular weight excluding hydrogens is 500 g/mol. The Kier molecular flexibility index (Phi) is 7.13. The van der Waals surface area contributed by atoms with E-state index in [9.17, 15) is 19.6 Å². The number of benzene rings is 2. The Morgan fingerprint density at radius 1 is 1.10 bits per heavy atom. The molecule has 2 aromatic carbocycles. The number of nitrogens with zero attached hydrogens (tertiary/aromatic N) is 4. The Labute approximate surface area is 226 Å². The van der Waals surface area contributed by atoms with Gasteiger partial charge in [0.1, 0.15) is 5.75 Å². The molecule has 0 unspecified atom stereocenters. The maximum atomic E-state index is 13.1. The first-order chi connectivity index (χ1) is 18.9. The molecule has 0 aromatic heterocycles. The molecule has 3 heterocycles. The first-order valence-corrected chi connectivity index (χ1v) is 12.8. The summed E-state index contributed by atoms with van der Waals surface area (Å²) in [5, 5.41) is 18.1. The molecule has 11 heteroatoms. The number of hydrogen-bond acceptors (Lipinski definition) is 7. The summed E-state index contributed by atoms with van der Waals surface area (Å²) in [6, 6.07) is 11.7. The van der Waals surface area contributed by atoms with Gasteiger partial charge >= 0.3 is 6.03 Å². The number of amidine groups is 1. The van der Waals surface area contributed by atoms with Crippen LogP contribution < -0.4 is 15.4 Å². The molecule has 5 rings (SSSR count). The second-order valence-electron chi connectivity index (χ2n) is 9.67. The number of oxime groups is 1. The lowest BCUT2D eigenvalue weighted by Crippen LogP contribution is -2.54.